The van der Waals surface area contributed by atoms with Gasteiger partial charge in [-0.05, 0) is 12.0 Å². The van der Waals surface area contributed by atoms with E-state index in [1.165, 1.54) is 5.56 Å². The lowest BCUT2D eigenvalue weighted by atomic mass is 10.1. The van der Waals surface area contributed by atoms with E-state index in [4.69, 9.17) is 5.73 Å². The maximum absolute atomic E-state index is 11.9. The average molecular weight is 290 g/mol. The predicted molar refractivity (Wildman–Crippen MR) is 80.6 cm³/mol. The molecule has 1 aliphatic heterocycles. The summed E-state index contributed by atoms with van der Waals surface area (Å²) in [5.74, 6) is -0.460. The van der Waals surface area contributed by atoms with Gasteiger partial charge >= 0.3 is 0 Å². The van der Waals surface area contributed by atoms with Gasteiger partial charge in [0.15, 0.2) is 0 Å². The van der Waals surface area contributed by atoms with Crippen LogP contribution in [-0.4, -0.2) is 55.5 Å². The first-order valence-electron chi connectivity index (χ1n) is 7.21. The maximum Gasteiger partial charge on any atom is 0.236 e. The van der Waals surface area contributed by atoms with Crippen LogP contribution in [0.4, 0.5) is 0 Å². The highest BCUT2D eigenvalue weighted by atomic mass is 16.2. The molecule has 6 heteroatoms. The first-order chi connectivity index (χ1) is 10.2. The van der Waals surface area contributed by atoms with Gasteiger partial charge in [0.1, 0.15) is 6.04 Å². The van der Waals surface area contributed by atoms with E-state index in [-0.39, 0.29) is 18.4 Å². The van der Waals surface area contributed by atoms with E-state index in [0.717, 1.165) is 13.0 Å². The van der Waals surface area contributed by atoms with Crippen LogP contribution >= 0.6 is 0 Å². The van der Waals surface area contributed by atoms with Crippen molar-refractivity contribution in [3.05, 3.63) is 35.9 Å². The Morgan fingerprint density at radius 1 is 1.33 bits per heavy atom. The van der Waals surface area contributed by atoms with Gasteiger partial charge in [0.2, 0.25) is 11.8 Å². The van der Waals surface area contributed by atoms with Gasteiger partial charge in [-0.3, -0.25) is 14.5 Å². The van der Waals surface area contributed by atoms with Crippen LogP contribution in [0.2, 0.25) is 0 Å². The largest absolute Gasteiger partial charge is 0.368 e. The zero-order chi connectivity index (χ0) is 15.1. The summed E-state index contributed by atoms with van der Waals surface area (Å²) in [5, 5.41) is 5.99. The van der Waals surface area contributed by atoms with E-state index in [1.807, 2.05) is 35.2 Å². The second kappa shape index (κ2) is 7.75. The number of rotatable bonds is 6. The van der Waals surface area contributed by atoms with Crippen molar-refractivity contribution in [1.29, 1.82) is 0 Å². The van der Waals surface area contributed by atoms with Crippen LogP contribution in [0.25, 0.3) is 0 Å². The quantitative estimate of drug-likeness (QED) is 0.634. The Balaban J connectivity index is 1.74. The molecule has 1 heterocycles. The third-order valence-corrected chi connectivity index (χ3v) is 3.61. The lowest BCUT2D eigenvalue weighted by molar-refractivity contribution is -0.127. The van der Waals surface area contributed by atoms with Crippen LogP contribution in [0.5, 0.6) is 0 Å². The number of carbonyl (C=O) groups excluding carboxylic acids is 2. The molecule has 1 fully saturated rings. The molecule has 0 aliphatic carbocycles. The van der Waals surface area contributed by atoms with Crippen molar-refractivity contribution in [2.75, 3.05) is 32.7 Å². The van der Waals surface area contributed by atoms with Crippen molar-refractivity contribution in [3.63, 3.8) is 0 Å². The molecule has 0 spiro atoms. The summed E-state index contributed by atoms with van der Waals surface area (Å²) < 4.78 is 0. The highest BCUT2D eigenvalue weighted by Crippen LogP contribution is 2.02. The predicted octanol–water partition coefficient (Wildman–Crippen LogP) is -0.896. The Morgan fingerprint density at radius 3 is 2.81 bits per heavy atom. The van der Waals surface area contributed by atoms with Gasteiger partial charge in [-0.15, -0.1) is 0 Å². The fourth-order valence-corrected chi connectivity index (χ4v) is 2.45. The van der Waals surface area contributed by atoms with E-state index in [0.29, 0.717) is 19.6 Å². The van der Waals surface area contributed by atoms with Crippen molar-refractivity contribution in [3.8, 4) is 0 Å². The molecule has 1 aromatic carbocycles. The molecule has 21 heavy (non-hydrogen) atoms. The van der Waals surface area contributed by atoms with Crippen molar-refractivity contribution in [1.82, 2.24) is 15.5 Å². The number of hydrogen-bond donors (Lipinski definition) is 3. The fourth-order valence-electron chi connectivity index (χ4n) is 2.45. The average Bonchev–Trinajstić information content (AvgIpc) is 2.48. The van der Waals surface area contributed by atoms with Crippen LogP contribution in [0.1, 0.15) is 5.56 Å². The Morgan fingerprint density at radius 2 is 2.10 bits per heavy atom. The lowest BCUT2D eigenvalue weighted by Gasteiger charge is -2.33. The van der Waals surface area contributed by atoms with Crippen LogP contribution in [0.15, 0.2) is 30.3 Å². The van der Waals surface area contributed by atoms with Gasteiger partial charge in [0.05, 0.1) is 6.54 Å². The molecule has 0 saturated carbocycles. The smallest absolute Gasteiger partial charge is 0.236 e. The van der Waals surface area contributed by atoms with Crippen molar-refractivity contribution < 1.29 is 9.59 Å². The fraction of sp³-hybridized carbons (Fsp3) is 0.467. The molecule has 1 aromatic rings. The number of nitrogens with two attached hydrogens (primary N) is 1. The van der Waals surface area contributed by atoms with E-state index < -0.39 is 6.04 Å². The second-order valence-electron chi connectivity index (χ2n) is 5.18. The molecule has 1 atom stereocenters. The summed E-state index contributed by atoms with van der Waals surface area (Å²) in [6, 6.07) is 9.59. The lowest BCUT2D eigenvalue weighted by Crippen LogP contribution is -2.58. The summed E-state index contributed by atoms with van der Waals surface area (Å²) in [7, 11) is 0. The van der Waals surface area contributed by atoms with Gasteiger partial charge in [0, 0.05) is 26.2 Å². The highest BCUT2D eigenvalue weighted by Gasteiger charge is 2.27. The molecule has 4 N–H and O–H groups in total. The zero-order valence-corrected chi connectivity index (χ0v) is 12.0. The number of hydrogen-bond acceptors (Lipinski definition) is 4. The Kier molecular flexibility index (Phi) is 5.71. The number of nitrogens with one attached hydrogen (secondary N) is 2. The van der Waals surface area contributed by atoms with Crippen LogP contribution in [0.3, 0.4) is 0 Å². The molecule has 0 radical (unpaired) electrons. The van der Waals surface area contributed by atoms with Gasteiger partial charge in [-0.1, -0.05) is 30.3 Å². The first-order valence-corrected chi connectivity index (χ1v) is 7.21. The van der Waals surface area contributed by atoms with Gasteiger partial charge in [0.25, 0.3) is 0 Å². The molecule has 114 valence electrons. The maximum atomic E-state index is 11.9. The Hall–Kier alpha value is -1.92. The summed E-state index contributed by atoms with van der Waals surface area (Å²) in [5.41, 5.74) is 6.55. The molecule has 6 nitrogen and oxygen atoms in total. The second-order valence-corrected chi connectivity index (χ2v) is 5.18. The van der Waals surface area contributed by atoms with Crippen LogP contribution < -0.4 is 16.4 Å². The van der Waals surface area contributed by atoms with E-state index in [2.05, 4.69) is 10.6 Å². The first kappa shape index (κ1) is 15.5. The topological polar surface area (TPSA) is 87.5 Å². The number of nitrogens with zero attached hydrogens (tertiary/aromatic N) is 1. The van der Waals surface area contributed by atoms with E-state index in [9.17, 15) is 9.59 Å². The van der Waals surface area contributed by atoms with Crippen molar-refractivity contribution in [2.45, 2.75) is 12.5 Å². The molecule has 0 aromatic heterocycles. The molecule has 1 saturated heterocycles. The Labute approximate surface area is 124 Å². The van der Waals surface area contributed by atoms with Crippen molar-refractivity contribution in [2.24, 2.45) is 5.73 Å². The minimum absolute atomic E-state index is 0.0703. The molecular formula is C15H22N4O2. The third-order valence-electron chi connectivity index (χ3n) is 3.61. The highest BCUT2D eigenvalue weighted by molar-refractivity contribution is 5.82. The number of piperazine rings is 1. The van der Waals surface area contributed by atoms with Crippen LogP contribution in [0, 0.1) is 0 Å². The molecule has 0 bridgehead atoms. The summed E-state index contributed by atoms with van der Waals surface area (Å²) in [6.07, 6.45) is 0.799. The van der Waals surface area contributed by atoms with Crippen LogP contribution in [-0.2, 0) is 16.0 Å². The number of primary amides is 1. The number of amides is 2. The summed E-state index contributed by atoms with van der Waals surface area (Å²) in [6.45, 7) is 2.73. The standard InChI is InChI=1S/C15H22N4O2/c16-15(21)13-10-17-8-9-19(13)11-14(20)18-7-6-12-4-2-1-3-5-12/h1-5,13,17H,6-11H2,(H2,16,21)(H,18,20). The monoisotopic (exact) mass is 290 g/mol. The number of benzene rings is 1. The van der Waals surface area contributed by atoms with E-state index in [1.54, 1.807) is 0 Å². The third kappa shape index (κ3) is 4.84. The van der Waals surface area contributed by atoms with E-state index >= 15 is 0 Å². The number of carbonyl (C=O) groups is 2. The molecule has 1 aliphatic rings. The summed E-state index contributed by atoms with van der Waals surface area (Å²) >= 11 is 0. The molecule has 2 amide bonds. The minimum Gasteiger partial charge on any atom is -0.368 e. The molecule has 1 unspecified atom stereocenters. The normalized spacial score (nSPS) is 19.1. The SMILES string of the molecule is NC(=O)C1CNCCN1CC(=O)NCCc1ccccc1. The van der Waals surface area contributed by atoms with Gasteiger partial charge in [-0.2, -0.15) is 0 Å². The minimum atomic E-state index is -0.404. The summed E-state index contributed by atoms with van der Waals surface area (Å²) in [4.78, 5) is 25.1. The van der Waals surface area contributed by atoms with Gasteiger partial charge < -0.3 is 16.4 Å². The van der Waals surface area contributed by atoms with Gasteiger partial charge in [-0.25, -0.2) is 0 Å². The van der Waals surface area contributed by atoms with Crippen molar-refractivity contribution >= 4 is 11.8 Å². The Bertz CT molecular complexity index is 478. The molecular weight excluding hydrogens is 268 g/mol. The molecule has 2 rings (SSSR count). The zero-order valence-electron chi connectivity index (χ0n) is 12.0.